The van der Waals surface area contributed by atoms with Crippen molar-refractivity contribution in [3.05, 3.63) is 23.8 Å². The van der Waals surface area contributed by atoms with Crippen molar-refractivity contribution in [1.29, 1.82) is 0 Å². The van der Waals surface area contributed by atoms with Gasteiger partial charge in [-0.1, -0.05) is 6.07 Å². The second-order valence-electron chi connectivity index (χ2n) is 5.25. The third-order valence-corrected chi connectivity index (χ3v) is 3.97. The van der Waals surface area contributed by atoms with Gasteiger partial charge in [-0.2, -0.15) is 0 Å². The summed E-state index contributed by atoms with van der Waals surface area (Å²) < 4.78 is 10.7. The Kier molecular flexibility index (Phi) is 3.78. The summed E-state index contributed by atoms with van der Waals surface area (Å²) >= 11 is 0. The molecule has 20 heavy (non-hydrogen) atoms. The molecule has 0 aromatic heterocycles. The minimum absolute atomic E-state index is 0.117. The molecule has 1 unspecified atom stereocenters. The van der Waals surface area contributed by atoms with Crippen molar-refractivity contribution in [3.63, 3.8) is 0 Å². The van der Waals surface area contributed by atoms with Gasteiger partial charge in [-0.3, -0.25) is 4.79 Å². The number of likely N-dealkylation sites (N-methyl/N-ethyl adjacent to an activating group) is 1. The molecule has 0 radical (unpaired) electrons. The highest BCUT2D eigenvalue weighted by Gasteiger charge is 2.23. The average Bonchev–Trinajstić information content (AvgIpc) is 2.94. The highest BCUT2D eigenvalue weighted by molar-refractivity contribution is 5.76. The molecule has 0 aliphatic carbocycles. The minimum Gasteiger partial charge on any atom is -0.454 e. The average molecular weight is 276 g/mol. The molecular weight excluding hydrogens is 256 g/mol. The lowest BCUT2D eigenvalue weighted by atomic mass is 10.0. The van der Waals surface area contributed by atoms with Gasteiger partial charge in [-0.05, 0) is 37.6 Å². The van der Waals surface area contributed by atoms with E-state index >= 15 is 0 Å². The third-order valence-electron chi connectivity index (χ3n) is 3.97. The third kappa shape index (κ3) is 2.58. The van der Waals surface area contributed by atoms with E-state index in [1.165, 1.54) is 0 Å². The summed E-state index contributed by atoms with van der Waals surface area (Å²) in [5.74, 6) is 1.84. The Labute approximate surface area is 118 Å². The van der Waals surface area contributed by atoms with Crippen LogP contribution in [-0.4, -0.2) is 37.7 Å². The molecule has 5 heteroatoms. The molecule has 1 N–H and O–H groups in total. The standard InChI is InChI=1S/C15H20N2O3/c1-16-12(9-17-7-3-2-4-15(17)18)11-5-6-13-14(8-11)20-10-19-13/h5-6,8,12,16H,2-4,7,9-10H2,1H3. The summed E-state index contributed by atoms with van der Waals surface area (Å²) in [6.07, 6.45) is 2.80. The smallest absolute Gasteiger partial charge is 0.231 e. The van der Waals surface area contributed by atoms with Crippen LogP contribution in [0.2, 0.25) is 0 Å². The molecule has 2 aliphatic rings. The molecule has 2 aliphatic heterocycles. The molecule has 2 heterocycles. The number of piperidine rings is 1. The second-order valence-corrected chi connectivity index (χ2v) is 5.25. The molecule has 0 bridgehead atoms. The Morgan fingerprint density at radius 1 is 1.30 bits per heavy atom. The maximum Gasteiger partial charge on any atom is 0.231 e. The highest BCUT2D eigenvalue weighted by atomic mass is 16.7. The highest BCUT2D eigenvalue weighted by Crippen LogP contribution is 2.34. The topological polar surface area (TPSA) is 50.8 Å². The largest absolute Gasteiger partial charge is 0.454 e. The number of ether oxygens (including phenoxy) is 2. The number of hydrogen-bond acceptors (Lipinski definition) is 4. The maximum absolute atomic E-state index is 11.9. The van der Waals surface area contributed by atoms with Gasteiger partial charge < -0.3 is 19.7 Å². The molecule has 1 aromatic rings. The van der Waals surface area contributed by atoms with Crippen LogP contribution in [0.25, 0.3) is 0 Å². The first-order valence-corrected chi connectivity index (χ1v) is 7.12. The molecule has 0 saturated carbocycles. The number of carbonyl (C=O) groups excluding carboxylic acids is 1. The van der Waals surface area contributed by atoms with Gasteiger partial charge in [0.05, 0.1) is 0 Å². The van der Waals surface area contributed by atoms with Crippen molar-refractivity contribution in [3.8, 4) is 11.5 Å². The zero-order valence-electron chi connectivity index (χ0n) is 11.7. The zero-order chi connectivity index (χ0) is 13.9. The quantitative estimate of drug-likeness (QED) is 0.909. The molecule has 1 amide bonds. The van der Waals surface area contributed by atoms with Crippen molar-refractivity contribution >= 4 is 5.91 Å². The Morgan fingerprint density at radius 2 is 2.15 bits per heavy atom. The van der Waals surface area contributed by atoms with Crippen LogP contribution in [0, 0.1) is 0 Å². The van der Waals surface area contributed by atoms with Gasteiger partial charge >= 0.3 is 0 Å². The van der Waals surface area contributed by atoms with Crippen LogP contribution in [0.1, 0.15) is 30.9 Å². The van der Waals surface area contributed by atoms with Crippen LogP contribution >= 0.6 is 0 Å². The normalized spacial score (nSPS) is 19.2. The summed E-state index contributed by atoms with van der Waals surface area (Å²) in [7, 11) is 1.92. The van der Waals surface area contributed by atoms with E-state index in [1.54, 1.807) is 0 Å². The summed E-state index contributed by atoms with van der Waals surface area (Å²) in [5, 5.41) is 3.29. The maximum atomic E-state index is 11.9. The molecule has 108 valence electrons. The first kappa shape index (κ1) is 13.2. The molecule has 1 atom stereocenters. The van der Waals surface area contributed by atoms with Crippen LogP contribution in [-0.2, 0) is 4.79 Å². The van der Waals surface area contributed by atoms with E-state index in [9.17, 15) is 4.79 Å². The lowest BCUT2D eigenvalue weighted by Crippen LogP contribution is -2.40. The fourth-order valence-corrected chi connectivity index (χ4v) is 2.77. The van der Waals surface area contributed by atoms with Gasteiger partial charge in [0.1, 0.15) is 0 Å². The van der Waals surface area contributed by atoms with Crippen LogP contribution in [0.3, 0.4) is 0 Å². The number of rotatable bonds is 4. The monoisotopic (exact) mass is 276 g/mol. The number of nitrogens with zero attached hydrogens (tertiary/aromatic N) is 1. The Bertz CT molecular complexity index is 504. The first-order valence-electron chi connectivity index (χ1n) is 7.12. The summed E-state index contributed by atoms with van der Waals surface area (Å²) in [5.41, 5.74) is 1.12. The minimum atomic E-state index is 0.117. The Balaban J connectivity index is 1.74. The van der Waals surface area contributed by atoms with E-state index in [4.69, 9.17) is 9.47 Å². The van der Waals surface area contributed by atoms with Crippen molar-refractivity contribution < 1.29 is 14.3 Å². The van der Waals surface area contributed by atoms with E-state index in [-0.39, 0.29) is 18.7 Å². The number of hydrogen-bond donors (Lipinski definition) is 1. The van der Waals surface area contributed by atoms with Gasteiger partial charge in [-0.25, -0.2) is 0 Å². The number of benzene rings is 1. The first-order chi connectivity index (χ1) is 9.78. The van der Waals surface area contributed by atoms with E-state index in [0.717, 1.165) is 36.4 Å². The van der Waals surface area contributed by atoms with Crippen molar-refractivity contribution in [2.45, 2.75) is 25.3 Å². The van der Waals surface area contributed by atoms with Crippen molar-refractivity contribution in [1.82, 2.24) is 10.2 Å². The summed E-state index contributed by atoms with van der Waals surface area (Å²) in [4.78, 5) is 13.9. The van der Waals surface area contributed by atoms with Gasteiger partial charge in [-0.15, -0.1) is 0 Å². The fourth-order valence-electron chi connectivity index (χ4n) is 2.77. The van der Waals surface area contributed by atoms with Gasteiger partial charge in [0, 0.05) is 25.6 Å². The number of likely N-dealkylation sites (tertiary alicyclic amines) is 1. The Morgan fingerprint density at radius 3 is 2.95 bits per heavy atom. The number of carbonyl (C=O) groups is 1. The van der Waals surface area contributed by atoms with Gasteiger partial charge in [0.25, 0.3) is 0 Å². The van der Waals surface area contributed by atoms with E-state index in [1.807, 2.05) is 30.1 Å². The predicted molar refractivity (Wildman–Crippen MR) is 74.8 cm³/mol. The van der Waals surface area contributed by atoms with Crippen LogP contribution in [0.15, 0.2) is 18.2 Å². The predicted octanol–water partition coefficient (Wildman–Crippen LogP) is 1.69. The van der Waals surface area contributed by atoms with Crippen molar-refractivity contribution in [2.24, 2.45) is 0 Å². The lowest BCUT2D eigenvalue weighted by molar-refractivity contribution is -0.133. The lowest BCUT2D eigenvalue weighted by Gasteiger charge is -2.30. The fraction of sp³-hybridized carbons (Fsp3) is 0.533. The summed E-state index contributed by atoms with van der Waals surface area (Å²) in [6, 6.07) is 6.08. The second kappa shape index (κ2) is 5.71. The zero-order valence-corrected chi connectivity index (χ0v) is 11.7. The number of nitrogens with one attached hydrogen (secondary N) is 1. The summed E-state index contributed by atoms with van der Waals surface area (Å²) in [6.45, 7) is 1.85. The van der Waals surface area contributed by atoms with E-state index in [0.29, 0.717) is 13.0 Å². The molecule has 0 spiro atoms. The van der Waals surface area contributed by atoms with Crippen LogP contribution in [0.4, 0.5) is 0 Å². The van der Waals surface area contributed by atoms with E-state index < -0.39 is 0 Å². The molecule has 1 aromatic carbocycles. The van der Waals surface area contributed by atoms with Crippen LogP contribution < -0.4 is 14.8 Å². The van der Waals surface area contributed by atoms with Gasteiger partial charge in [0.15, 0.2) is 11.5 Å². The molecule has 1 saturated heterocycles. The number of amides is 1. The van der Waals surface area contributed by atoms with Crippen molar-refractivity contribution in [2.75, 3.05) is 26.9 Å². The van der Waals surface area contributed by atoms with Gasteiger partial charge in [0.2, 0.25) is 12.7 Å². The van der Waals surface area contributed by atoms with Crippen LogP contribution in [0.5, 0.6) is 11.5 Å². The molecule has 3 rings (SSSR count). The SMILES string of the molecule is CNC(CN1CCCCC1=O)c1ccc2c(c1)OCO2. The molecule has 1 fully saturated rings. The van der Waals surface area contributed by atoms with E-state index in [2.05, 4.69) is 5.32 Å². The number of fused-ring (bicyclic) bond motifs is 1. The molecular formula is C15H20N2O3. The Hall–Kier alpha value is -1.75. The molecule has 5 nitrogen and oxygen atoms in total.